The Labute approximate surface area is 133 Å². The largest absolute Gasteiger partial charge is 0.507 e. The minimum atomic E-state index is -0.132. The molecule has 2 nitrogen and oxygen atoms in total. The summed E-state index contributed by atoms with van der Waals surface area (Å²) in [6, 6.07) is 7.44. The van der Waals surface area contributed by atoms with E-state index in [1.807, 2.05) is 24.3 Å². The SMILES string of the molecule is CC1CC(CC=Cc2ccccc2O)C2C(O)CCCC12C. The van der Waals surface area contributed by atoms with Gasteiger partial charge in [-0.2, -0.15) is 0 Å². The quantitative estimate of drug-likeness (QED) is 0.855. The molecule has 2 aliphatic rings. The van der Waals surface area contributed by atoms with Crippen molar-refractivity contribution in [3.63, 3.8) is 0 Å². The van der Waals surface area contributed by atoms with Gasteiger partial charge in [0.2, 0.25) is 0 Å². The van der Waals surface area contributed by atoms with Gasteiger partial charge < -0.3 is 10.2 Å². The summed E-state index contributed by atoms with van der Waals surface area (Å²) in [4.78, 5) is 0. The number of aromatic hydroxyl groups is 1. The summed E-state index contributed by atoms with van der Waals surface area (Å²) in [5.41, 5.74) is 1.19. The third-order valence-corrected chi connectivity index (χ3v) is 6.35. The van der Waals surface area contributed by atoms with Gasteiger partial charge in [0.1, 0.15) is 5.75 Å². The number of phenolic OH excluding ortho intramolecular Hbond substituents is 1. The van der Waals surface area contributed by atoms with Crippen LogP contribution >= 0.6 is 0 Å². The third-order valence-electron chi connectivity index (χ3n) is 6.35. The molecule has 5 atom stereocenters. The van der Waals surface area contributed by atoms with Gasteiger partial charge in [-0.15, -0.1) is 0 Å². The molecule has 0 radical (unpaired) electrons. The fourth-order valence-electron chi connectivity index (χ4n) is 5.02. The maximum atomic E-state index is 10.5. The molecule has 2 heteroatoms. The van der Waals surface area contributed by atoms with Crippen LogP contribution in [0.1, 0.15) is 51.5 Å². The Morgan fingerprint density at radius 3 is 2.86 bits per heavy atom. The summed E-state index contributed by atoms with van der Waals surface area (Å²) in [6.07, 6.45) is 9.66. The first-order chi connectivity index (χ1) is 10.5. The van der Waals surface area contributed by atoms with Crippen LogP contribution in [0.3, 0.4) is 0 Å². The molecular weight excluding hydrogens is 272 g/mol. The average Bonchev–Trinajstić information content (AvgIpc) is 2.74. The number of phenols is 1. The van der Waals surface area contributed by atoms with Gasteiger partial charge in [0.05, 0.1) is 6.10 Å². The average molecular weight is 300 g/mol. The number of allylic oxidation sites excluding steroid dienone is 1. The number of benzene rings is 1. The fourth-order valence-corrected chi connectivity index (χ4v) is 5.02. The Balaban J connectivity index is 1.71. The molecule has 0 spiro atoms. The van der Waals surface area contributed by atoms with E-state index in [0.717, 1.165) is 18.4 Å². The van der Waals surface area contributed by atoms with Crippen LogP contribution in [0.5, 0.6) is 5.75 Å². The zero-order valence-corrected chi connectivity index (χ0v) is 13.7. The number of fused-ring (bicyclic) bond motifs is 1. The Morgan fingerprint density at radius 1 is 1.32 bits per heavy atom. The van der Waals surface area contributed by atoms with Gasteiger partial charge in [-0.1, -0.05) is 50.6 Å². The molecule has 22 heavy (non-hydrogen) atoms. The maximum absolute atomic E-state index is 10.5. The van der Waals surface area contributed by atoms with E-state index in [1.165, 1.54) is 19.3 Å². The number of hydrogen-bond acceptors (Lipinski definition) is 2. The molecule has 0 saturated heterocycles. The van der Waals surface area contributed by atoms with Crippen molar-refractivity contribution in [2.45, 2.75) is 52.1 Å². The molecule has 0 bridgehead atoms. The van der Waals surface area contributed by atoms with Crippen molar-refractivity contribution >= 4 is 6.08 Å². The van der Waals surface area contributed by atoms with Gasteiger partial charge in [-0.25, -0.2) is 0 Å². The van der Waals surface area contributed by atoms with E-state index in [2.05, 4.69) is 19.9 Å². The summed E-state index contributed by atoms with van der Waals surface area (Å²) < 4.78 is 0. The van der Waals surface area contributed by atoms with Crippen LogP contribution in [0.2, 0.25) is 0 Å². The first-order valence-electron chi connectivity index (χ1n) is 8.65. The van der Waals surface area contributed by atoms with E-state index >= 15 is 0 Å². The van der Waals surface area contributed by atoms with E-state index in [-0.39, 0.29) is 6.10 Å². The zero-order chi connectivity index (χ0) is 15.7. The van der Waals surface area contributed by atoms with Crippen molar-refractivity contribution in [1.29, 1.82) is 0 Å². The molecule has 2 saturated carbocycles. The topological polar surface area (TPSA) is 40.5 Å². The van der Waals surface area contributed by atoms with Crippen molar-refractivity contribution < 1.29 is 10.2 Å². The summed E-state index contributed by atoms with van der Waals surface area (Å²) in [5.74, 6) is 2.03. The van der Waals surface area contributed by atoms with Crippen LogP contribution in [-0.4, -0.2) is 16.3 Å². The Hall–Kier alpha value is -1.28. The number of hydrogen-bond donors (Lipinski definition) is 2. The zero-order valence-electron chi connectivity index (χ0n) is 13.7. The predicted molar refractivity (Wildman–Crippen MR) is 90.5 cm³/mol. The van der Waals surface area contributed by atoms with E-state index < -0.39 is 0 Å². The first-order valence-corrected chi connectivity index (χ1v) is 8.65. The highest BCUT2D eigenvalue weighted by Gasteiger charge is 2.53. The monoisotopic (exact) mass is 300 g/mol. The lowest BCUT2D eigenvalue weighted by Gasteiger charge is -2.44. The molecule has 0 aromatic heterocycles. The highest BCUT2D eigenvalue weighted by atomic mass is 16.3. The van der Waals surface area contributed by atoms with Crippen LogP contribution in [0, 0.1) is 23.2 Å². The Kier molecular flexibility index (Phi) is 4.31. The second kappa shape index (κ2) is 6.08. The van der Waals surface area contributed by atoms with Crippen LogP contribution in [0.15, 0.2) is 30.3 Å². The van der Waals surface area contributed by atoms with E-state index in [4.69, 9.17) is 0 Å². The molecule has 2 N–H and O–H groups in total. The minimum absolute atomic E-state index is 0.132. The summed E-state index contributed by atoms with van der Waals surface area (Å²) in [5, 5.41) is 20.4. The Bertz CT molecular complexity index is 550. The van der Waals surface area contributed by atoms with E-state index in [9.17, 15) is 10.2 Å². The minimum Gasteiger partial charge on any atom is -0.507 e. The Morgan fingerprint density at radius 2 is 2.09 bits per heavy atom. The van der Waals surface area contributed by atoms with E-state index in [1.54, 1.807) is 6.07 Å². The van der Waals surface area contributed by atoms with Crippen molar-refractivity contribution in [3.05, 3.63) is 35.9 Å². The summed E-state index contributed by atoms with van der Waals surface area (Å²) in [7, 11) is 0. The number of aliphatic hydroxyl groups is 1. The highest BCUT2D eigenvalue weighted by molar-refractivity contribution is 5.56. The van der Waals surface area contributed by atoms with Crippen molar-refractivity contribution in [3.8, 4) is 5.75 Å². The normalized spacial score (nSPS) is 38.3. The summed E-state index contributed by atoms with van der Waals surface area (Å²) >= 11 is 0. The summed E-state index contributed by atoms with van der Waals surface area (Å²) in [6.45, 7) is 4.75. The molecule has 1 aromatic carbocycles. The van der Waals surface area contributed by atoms with Gasteiger partial charge in [0.15, 0.2) is 0 Å². The van der Waals surface area contributed by atoms with Crippen molar-refractivity contribution in [2.75, 3.05) is 0 Å². The standard InChI is InChI=1S/C20H28O2/c1-14-13-16(19-18(22)11-6-12-20(14,19)2)9-5-8-15-7-3-4-10-17(15)21/h3-5,7-8,10,14,16,18-19,21-22H,6,9,11-13H2,1-2H3. The molecule has 2 fully saturated rings. The lowest BCUT2D eigenvalue weighted by Crippen LogP contribution is -2.41. The van der Waals surface area contributed by atoms with Gasteiger partial charge >= 0.3 is 0 Å². The van der Waals surface area contributed by atoms with Crippen LogP contribution in [-0.2, 0) is 0 Å². The number of para-hydroxylation sites is 1. The van der Waals surface area contributed by atoms with Gasteiger partial charge in [-0.05, 0) is 54.9 Å². The lowest BCUT2D eigenvalue weighted by atomic mass is 9.63. The molecule has 3 rings (SSSR count). The smallest absolute Gasteiger partial charge is 0.122 e. The van der Waals surface area contributed by atoms with Crippen LogP contribution in [0.25, 0.3) is 6.08 Å². The lowest BCUT2D eigenvalue weighted by molar-refractivity contribution is -0.0297. The highest BCUT2D eigenvalue weighted by Crippen LogP contribution is 2.58. The van der Waals surface area contributed by atoms with Gasteiger partial charge in [0.25, 0.3) is 0 Å². The van der Waals surface area contributed by atoms with Gasteiger partial charge in [-0.3, -0.25) is 0 Å². The molecule has 0 amide bonds. The van der Waals surface area contributed by atoms with Crippen molar-refractivity contribution in [2.24, 2.45) is 23.2 Å². The fraction of sp³-hybridized carbons (Fsp3) is 0.600. The second-order valence-corrected chi connectivity index (χ2v) is 7.58. The maximum Gasteiger partial charge on any atom is 0.122 e. The molecular formula is C20H28O2. The molecule has 0 aliphatic heterocycles. The molecule has 2 aliphatic carbocycles. The molecule has 5 unspecified atom stereocenters. The molecule has 1 aromatic rings. The number of rotatable bonds is 3. The van der Waals surface area contributed by atoms with Gasteiger partial charge in [0, 0.05) is 5.56 Å². The number of aliphatic hydroxyl groups excluding tert-OH is 1. The van der Waals surface area contributed by atoms with Crippen LogP contribution < -0.4 is 0 Å². The van der Waals surface area contributed by atoms with Crippen molar-refractivity contribution in [1.82, 2.24) is 0 Å². The van der Waals surface area contributed by atoms with E-state index in [0.29, 0.717) is 28.9 Å². The predicted octanol–water partition coefficient (Wildman–Crippen LogP) is 4.62. The molecule has 120 valence electrons. The molecule has 0 heterocycles. The van der Waals surface area contributed by atoms with Crippen LogP contribution in [0.4, 0.5) is 0 Å². The first kappa shape index (κ1) is 15.6. The third kappa shape index (κ3) is 2.69. The second-order valence-electron chi connectivity index (χ2n) is 7.58.